The van der Waals surface area contributed by atoms with Crippen LogP contribution in [0.15, 0.2) is 45.0 Å². The quantitative estimate of drug-likeness (QED) is 0.632. The van der Waals surface area contributed by atoms with Gasteiger partial charge in [0.05, 0.1) is 4.47 Å². The lowest BCUT2D eigenvalue weighted by Crippen LogP contribution is -2.16. The number of rotatable bonds is 3. The summed E-state index contributed by atoms with van der Waals surface area (Å²) < 4.78 is 38.8. The smallest absolute Gasteiger partial charge is 0.384 e. The van der Waals surface area contributed by atoms with E-state index in [1.165, 1.54) is 6.20 Å². The van der Waals surface area contributed by atoms with Crippen molar-refractivity contribution in [3.8, 4) is 0 Å². The van der Waals surface area contributed by atoms with Crippen molar-refractivity contribution in [1.29, 1.82) is 5.41 Å². The fourth-order valence-corrected chi connectivity index (χ4v) is 2.81. The number of hydrogen-bond donors (Lipinski definition) is 2. The molecular weight excluding hydrogens is 369 g/mol. The minimum atomic E-state index is -4.56. The van der Waals surface area contributed by atoms with E-state index < -0.39 is 11.9 Å². The lowest BCUT2D eigenvalue weighted by atomic mass is 10.2. The Morgan fingerprint density at radius 1 is 1.24 bits per heavy atom. The van der Waals surface area contributed by atoms with E-state index in [0.717, 1.165) is 23.9 Å². The van der Waals surface area contributed by atoms with Crippen molar-refractivity contribution in [2.45, 2.75) is 16.2 Å². The summed E-state index contributed by atoms with van der Waals surface area (Å²) in [5.41, 5.74) is 4.47. The molecule has 4 nitrogen and oxygen atoms in total. The van der Waals surface area contributed by atoms with Crippen molar-refractivity contribution < 1.29 is 13.2 Å². The van der Waals surface area contributed by atoms with Crippen LogP contribution in [0.1, 0.15) is 11.3 Å². The molecule has 21 heavy (non-hydrogen) atoms. The lowest BCUT2D eigenvalue weighted by molar-refractivity contribution is -0.141. The maximum Gasteiger partial charge on any atom is 0.433 e. The molecule has 0 bridgehead atoms. The fraction of sp³-hybridized carbons (Fsp3) is 0.0833. The Kier molecular flexibility index (Phi) is 4.52. The van der Waals surface area contributed by atoms with E-state index in [2.05, 4.69) is 25.9 Å². The molecule has 110 valence electrons. The van der Waals surface area contributed by atoms with Crippen molar-refractivity contribution in [2.75, 3.05) is 0 Å². The van der Waals surface area contributed by atoms with Gasteiger partial charge in [-0.15, -0.1) is 0 Å². The third-order valence-electron chi connectivity index (χ3n) is 2.36. The molecule has 2 aromatic heterocycles. The molecule has 0 fully saturated rings. The highest BCUT2D eigenvalue weighted by Gasteiger charge is 2.33. The highest BCUT2D eigenvalue weighted by Crippen LogP contribution is 2.35. The van der Waals surface area contributed by atoms with Gasteiger partial charge < -0.3 is 5.73 Å². The molecule has 2 aromatic rings. The molecule has 0 aliphatic heterocycles. The van der Waals surface area contributed by atoms with Crippen LogP contribution in [0.25, 0.3) is 0 Å². The summed E-state index contributed by atoms with van der Waals surface area (Å²) in [6.07, 6.45) is -3.06. The Bertz CT molecular complexity index is 690. The Balaban J connectivity index is 2.49. The summed E-state index contributed by atoms with van der Waals surface area (Å²) in [4.78, 5) is 7.61. The first-order valence-electron chi connectivity index (χ1n) is 5.50. The molecule has 9 heteroatoms. The van der Waals surface area contributed by atoms with Crippen LogP contribution in [0.5, 0.6) is 0 Å². The van der Waals surface area contributed by atoms with Gasteiger partial charge in [-0.1, -0.05) is 0 Å². The van der Waals surface area contributed by atoms with Crippen LogP contribution < -0.4 is 5.73 Å². The number of nitrogens with two attached hydrogens (primary N) is 1. The van der Waals surface area contributed by atoms with E-state index >= 15 is 0 Å². The van der Waals surface area contributed by atoms with Gasteiger partial charge in [-0.05, 0) is 52.0 Å². The predicted molar refractivity (Wildman–Crippen MR) is 76.3 cm³/mol. The molecule has 0 saturated carbocycles. The Labute approximate surface area is 130 Å². The summed E-state index contributed by atoms with van der Waals surface area (Å²) in [5.74, 6) is -0.356. The lowest BCUT2D eigenvalue weighted by Gasteiger charge is -2.11. The minimum Gasteiger partial charge on any atom is -0.384 e. The number of nitrogens with one attached hydrogen (secondary N) is 1. The van der Waals surface area contributed by atoms with Gasteiger partial charge in [0.1, 0.15) is 21.6 Å². The summed E-state index contributed by atoms with van der Waals surface area (Å²) in [6, 6.07) is 5.32. The summed E-state index contributed by atoms with van der Waals surface area (Å²) in [6.45, 7) is 0. The van der Waals surface area contributed by atoms with Crippen molar-refractivity contribution in [3.05, 3.63) is 46.2 Å². The van der Waals surface area contributed by atoms with Gasteiger partial charge in [0.2, 0.25) is 0 Å². The second kappa shape index (κ2) is 6.02. The summed E-state index contributed by atoms with van der Waals surface area (Å²) in [5, 5.41) is 7.85. The molecule has 0 aromatic carbocycles. The van der Waals surface area contributed by atoms with E-state index in [-0.39, 0.29) is 16.4 Å². The van der Waals surface area contributed by atoms with Crippen LogP contribution in [0.2, 0.25) is 0 Å². The first-order valence-corrected chi connectivity index (χ1v) is 7.11. The predicted octanol–water partition coefficient (Wildman–Crippen LogP) is 3.69. The Hall–Kier alpha value is -1.61. The first kappa shape index (κ1) is 15.8. The number of halogens is 4. The van der Waals surface area contributed by atoms with Crippen molar-refractivity contribution in [3.63, 3.8) is 0 Å². The van der Waals surface area contributed by atoms with Crippen LogP contribution in [-0.2, 0) is 6.18 Å². The zero-order valence-corrected chi connectivity index (χ0v) is 12.7. The van der Waals surface area contributed by atoms with Crippen molar-refractivity contribution in [2.24, 2.45) is 5.73 Å². The Morgan fingerprint density at radius 2 is 1.95 bits per heavy atom. The topological polar surface area (TPSA) is 75.7 Å². The van der Waals surface area contributed by atoms with Gasteiger partial charge >= 0.3 is 6.18 Å². The third kappa shape index (κ3) is 3.73. The number of hydrogen-bond acceptors (Lipinski definition) is 4. The highest BCUT2D eigenvalue weighted by atomic mass is 79.9. The molecule has 2 rings (SSSR count). The number of aromatic nitrogens is 2. The molecule has 0 aliphatic carbocycles. The molecule has 2 heterocycles. The van der Waals surface area contributed by atoms with Gasteiger partial charge in [-0.3, -0.25) is 5.41 Å². The number of nitrogen functional groups attached to an aromatic ring is 1. The van der Waals surface area contributed by atoms with Gasteiger partial charge in [0, 0.05) is 11.8 Å². The highest BCUT2D eigenvalue weighted by molar-refractivity contribution is 9.10. The molecule has 3 N–H and O–H groups in total. The number of alkyl halides is 3. The molecule has 0 unspecified atom stereocenters. The second-order valence-corrected chi connectivity index (χ2v) is 5.68. The monoisotopic (exact) mass is 376 g/mol. The average molecular weight is 377 g/mol. The fourth-order valence-electron chi connectivity index (χ4n) is 1.42. The standard InChI is InChI=1S/C12H8BrF3N4S/c13-7-2-1-5-19-11(7)21-10-6(9(17)18)3-4-8(20-10)12(14,15)16/h1-5H,(H3,17,18). The third-order valence-corrected chi connectivity index (χ3v) is 4.28. The minimum absolute atomic E-state index is 0.0169. The van der Waals surface area contributed by atoms with Crippen LogP contribution in [0.3, 0.4) is 0 Å². The van der Waals surface area contributed by atoms with Gasteiger partial charge in [0.15, 0.2) is 0 Å². The zero-order chi connectivity index (χ0) is 15.6. The van der Waals surface area contributed by atoms with E-state index in [1.54, 1.807) is 12.1 Å². The van der Waals surface area contributed by atoms with Crippen LogP contribution in [0.4, 0.5) is 13.2 Å². The number of pyridine rings is 2. The summed E-state index contributed by atoms with van der Waals surface area (Å²) in [7, 11) is 0. The van der Waals surface area contributed by atoms with E-state index in [1.807, 2.05) is 0 Å². The summed E-state index contributed by atoms with van der Waals surface area (Å²) >= 11 is 4.16. The first-order chi connectivity index (χ1) is 9.79. The normalized spacial score (nSPS) is 11.4. The molecule has 0 atom stereocenters. The van der Waals surface area contributed by atoms with Crippen molar-refractivity contribution >= 4 is 33.5 Å². The molecule has 0 radical (unpaired) electrons. The van der Waals surface area contributed by atoms with E-state index in [9.17, 15) is 13.2 Å². The van der Waals surface area contributed by atoms with Gasteiger partial charge in [-0.25, -0.2) is 9.97 Å². The van der Waals surface area contributed by atoms with Gasteiger partial charge in [-0.2, -0.15) is 13.2 Å². The Morgan fingerprint density at radius 3 is 2.52 bits per heavy atom. The SMILES string of the molecule is N=C(N)c1ccc(C(F)(F)F)nc1Sc1ncccc1Br. The molecule has 0 spiro atoms. The molecule has 0 amide bonds. The maximum absolute atomic E-state index is 12.7. The van der Waals surface area contributed by atoms with Crippen LogP contribution >= 0.6 is 27.7 Å². The largest absolute Gasteiger partial charge is 0.433 e. The number of nitrogens with zero attached hydrogens (tertiary/aromatic N) is 2. The zero-order valence-electron chi connectivity index (χ0n) is 10.3. The van der Waals surface area contributed by atoms with E-state index in [4.69, 9.17) is 11.1 Å². The molecule has 0 aliphatic rings. The molecular formula is C12H8BrF3N4S. The van der Waals surface area contributed by atoms with Crippen LogP contribution in [0, 0.1) is 5.41 Å². The van der Waals surface area contributed by atoms with Crippen molar-refractivity contribution in [1.82, 2.24) is 9.97 Å². The van der Waals surface area contributed by atoms with E-state index in [0.29, 0.717) is 9.50 Å². The maximum atomic E-state index is 12.7. The molecule has 0 saturated heterocycles. The number of amidine groups is 1. The average Bonchev–Trinajstić information content (AvgIpc) is 2.40. The van der Waals surface area contributed by atoms with Crippen LogP contribution in [-0.4, -0.2) is 15.8 Å². The second-order valence-electron chi connectivity index (χ2n) is 3.85. The van der Waals surface area contributed by atoms with Gasteiger partial charge in [0.25, 0.3) is 0 Å².